The Labute approximate surface area is 119 Å². The van der Waals surface area contributed by atoms with Gasteiger partial charge in [0.25, 0.3) is 0 Å². The predicted octanol–water partition coefficient (Wildman–Crippen LogP) is 2.45. The van der Waals surface area contributed by atoms with Crippen molar-refractivity contribution in [3.63, 3.8) is 0 Å². The average molecular weight is 267 g/mol. The fourth-order valence-electron chi connectivity index (χ4n) is 4.07. The summed E-state index contributed by atoms with van der Waals surface area (Å²) >= 11 is 0. The van der Waals surface area contributed by atoms with E-state index >= 15 is 0 Å². The van der Waals surface area contributed by atoms with Gasteiger partial charge in [0.15, 0.2) is 0 Å². The first-order valence-electron chi connectivity index (χ1n) is 8.37. The molecule has 2 rings (SSSR count). The van der Waals surface area contributed by atoms with Crippen molar-refractivity contribution in [3.05, 3.63) is 0 Å². The summed E-state index contributed by atoms with van der Waals surface area (Å²) in [6, 6.07) is 0.787. The van der Waals surface area contributed by atoms with Crippen LogP contribution >= 0.6 is 0 Å². The third kappa shape index (κ3) is 3.50. The molecule has 0 unspecified atom stereocenters. The van der Waals surface area contributed by atoms with Crippen LogP contribution in [0.15, 0.2) is 0 Å². The lowest BCUT2D eigenvalue weighted by atomic mass is 9.82. The average Bonchev–Trinajstić information content (AvgIpc) is 2.49. The van der Waals surface area contributed by atoms with Crippen LogP contribution in [0, 0.1) is 0 Å². The van der Waals surface area contributed by atoms with E-state index in [4.69, 9.17) is 5.73 Å². The minimum atomic E-state index is 0.284. The number of piperidine rings is 1. The number of nitrogens with zero attached hydrogens (tertiary/aromatic N) is 2. The highest BCUT2D eigenvalue weighted by Crippen LogP contribution is 2.33. The Hall–Kier alpha value is -0.120. The SMILES string of the molecule is CCCN1CCC(CN)(N(C)C2CCCCC2)CC1. The maximum Gasteiger partial charge on any atom is 0.0355 e. The third-order valence-corrected chi connectivity index (χ3v) is 5.58. The van der Waals surface area contributed by atoms with Gasteiger partial charge in [0, 0.05) is 18.1 Å². The molecule has 1 saturated carbocycles. The van der Waals surface area contributed by atoms with E-state index < -0.39 is 0 Å². The van der Waals surface area contributed by atoms with Gasteiger partial charge in [-0.15, -0.1) is 0 Å². The second kappa shape index (κ2) is 7.05. The van der Waals surface area contributed by atoms with Gasteiger partial charge in [-0.25, -0.2) is 0 Å². The number of rotatable bonds is 5. The number of hydrogen-bond donors (Lipinski definition) is 1. The smallest absolute Gasteiger partial charge is 0.0355 e. The third-order valence-electron chi connectivity index (χ3n) is 5.58. The summed E-state index contributed by atoms with van der Waals surface area (Å²) in [4.78, 5) is 5.29. The fraction of sp³-hybridized carbons (Fsp3) is 1.00. The molecule has 0 aromatic carbocycles. The van der Waals surface area contributed by atoms with Crippen molar-refractivity contribution >= 4 is 0 Å². The molecule has 1 aliphatic heterocycles. The van der Waals surface area contributed by atoms with Crippen LogP contribution in [-0.4, -0.2) is 54.6 Å². The zero-order chi connectivity index (χ0) is 13.7. The Balaban J connectivity index is 1.94. The second-order valence-electron chi connectivity index (χ2n) is 6.67. The summed E-state index contributed by atoms with van der Waals surface area (Å²) in [6.45, 7) is 6.84. The number of nitrogens with two attached hydrogens (primary N) is 1. The van der Waals surface area contributed by atoms with Crippen molar-refractivity contribution in [2.45, 2.75) is 69.9 Å². The van der Waals surface area contributed by atoms with Crippen molar-refractivity contribution in [3.8, 4) is 0 Å². The van der Waals surface area contributed by atoms with Gasteiger partial charge in [-0.05, 0) is 58.8 Å². The summed E-state index contributed by atoms with van der Waals surface area (Å²) in [5.41, 5.74) is 6.49. The van der Waals surface area contributed by atoms with Gasteiger partial charge in [-0.1, -0.05) is 26.2 Å². The molecule has 2 N–H and O–H groups in total. The van der Waals surface area contributed by atoms with E-state index in [0.29, 0.717) is 0 Å². The predicted molar refractivity (Wildman–Crippen MR) is 82.4 cm³/mol. The normalized spacial score (nSPS) is 25.9. The van der Waals surface area contributed by atoms with Crippen molar-refractivity contribution in [2.24, 2.45) is 5.73 Å². The quantitative estimate of drug-likeness (QED) is 0.830. The van der Waals surface area contributed by atoms with Crippen molar-refractivity contribution in [1.29, 1.82) is 0 Å². The van der Waals surface area contributed by atoms with Crippen LogP contribution in [0.3, 0.4) is 0 Å². The van der Waals surface area contributed by atoms with E-state index in [1.165, 1.54) is 71.0 Å². The number of likely N-dealkylation sites (tertiary alicyclic amines) is 1. The summed E-state index contributed by atoms with van der Waals surface area (Å²) in [7, 11) is 2.35. The van der Waals surface area contributed by atoms with E-state index in [0.717, 1.165) is 12.6 Å². The monoisotopic (exact) mass is 267 g/mol. The standard InChI is InChI=1S/C16H33N3/c1-3-11-19-12-9-16(14-17,10-13-19)18(2)15-7-5-4-6-8-15/h15H,3-14,17H2,1-2H3. The maximum atomic E-state index is 6.21. The molecular weight excluding hydrogens is 234 g/mol. The maximum absolute atomic E-state index is 6.21. The molecule has 0 aromatic rings. The second-order valence-corrected chi connectivity index (χ2v) is 6.67. The van der Waals surface area contributed by atoms with Crippen LogP contribution in [0.4, 0.5) is 0 Å². The fourth-order valence-corrected chi connectivity index (χ4v) is 4.07. The Kier molecular flexibility index (Phi) is 5.67. The van der Waals surface area contributed by atoms with Gasteiger partial charge in [0.2, 0.25) is 0 Å². The van der Waals surface area contributed by atoms with Crippen molar-refractivity contribution in [1.82, 2.24) is 9.80 Å². The lowest BCUT2D eigenvalue weighted by Gasteiger charge is -2.50. The highest BCUT2D eigenvalue weighted by Gasteiger charge is 2.39. The largest absolute Gasteiger partial charge is 0.329 e. The van der Waals surface area contributed by atoms with Crippen LogP contribution in [0.5, 0.6) is 0 Å². The lowest BCUT2D eigenvalue weighted by Crippen LogP contribution is -2.61. The van der Waals surface area contributed by atoms with E-state index in [2.05, 4.69) is 23.8 Å². The molecule has 0 bridgehead atoms. The van der Waals surface area contributed by atoms with Gasteiger partial charge in [-0.2, -0.15) is 0 Å². The number of likely N-dealkylation sites (N-methyl/N-ethyl adjacent to an activating group) is 1. The first-order valence-corrected chi connectivity index (χ1v) is 8.37. The van der Waals surface area contributed by atoms with E-state index in [-0.39, 0.29) is 5.54 Å². The summed E-state index contributed by atoms with van der Waals surface area (Å²) in [6.07, 6.45) is 10.8. The lowest BCUT2D eigenvalue weighted by molar-refractivity contribution is 0.00573. The summed E-state index contributed by atoms with van der Waals surface area (Å²) < 4.78 is 0. The first kappa shape index (κ1) is 15.3. The summed E-state index contributed by atoms with van der Waals surface area (Å²) in [5.74, 6) is 0. The van der Waals surface area contributed by atoms with Crippen LogP contribution in [0.1, 0.15) is 58.3 Å². The molecule has 1 saturated heterocycles. The van der Waals surface area contributed by atoms with E-state index in [9.17, 15) is 0 Å². The zero-order valence-electron chi connectivity index (χ0n) is 13.0. The van der Waals surface area contributed by atoms with Gasteiger partial charge in [-0.3, -0.25) is 4.90 Å². The minimum absolute atomic E-state index is 0.284. The van der Waals surface area contributed by atoms with Crippen LogP contribution in [0.25, 0.3) is 0 Å². The molecule has 3 nitrogen and oxygen atoms in total. The van der Waals surface area contributed by atoms with Gasteiger partial charge >= 0.3 is 0 Å². The molecule has 2 fully saturated rings. The molecule has 0 spiro atoms. The Morgan fingerprint density at radius 3 is 2.32 bits per heavy atom. The molecule has 0 radical (unpaired) electrons. The van der Waals surface area contributed by atoms with Gasteiger partial charge in [0.05, 0.1) is 0 Å². The molecule has 0 amide bonds. The number of hydrogen-bond acceptors (Lipinski definition) is 3. The van der Waals surface area contributed by atoms with E-state index in [1.54, 1.807) is 0 Å². The van der Waals surface area contributed by atoms with Gasteiger partial charge in [0.1, 0.15) is 0 Å². The molecule has 3 heteroatoms. The van der Waals surface area contributed by atoms with Crippen LogP contribution in [0.2, 0.25) is 0 Å². The van der Waals surface area contributed by atoms with Crippen LogP contribution < -0.4 is 5.73 Å². The topological polar surface area (TPSA) is 32.5 Å². The van der Waals surface area contributed by atoms with Gasteiger partial charge < -0.3 is 10.6 Å². The molecule has 1 aliphatic carbocycles. The molecule has 0 aromatic heterocycles. The molecule has 112 valence electrons. The van der Waals surface area contributed by atoms with Crippen molar-refractivity contribution < 1.29 is 0 Å². The Bertz CT molecular complexity index is 253. The first-order chi connectivity index (χ1) is 9.22. The molecule has 19 heavy (non-hydrogen) atoms. The molecule has 2 aliphatic rings. The zero-order valence-corrected chi connectivity index (χ0v) is 13.0. The van der Waals surface area contributed by atoms with Crippen molar-refractivity contribution in [2.75, 3.05) is 33.2 Å². The highest BCUT2D eigenvalue weighted by molar-refractivity contribution is 4.97. The Morgan fingerprint density at radius 2 is 1.79 bits per heavy atom. The molecular formula is C16H33N3. The Morgan fingerprint density at radius 1 is 1.16 bits per heavy atom. The van der Waals surface area contributed by atoms with E-state index in [1.807, 2.05) is 0 Å². The minimum Gasteiger partial charge on any atom is -0.329 e. The summed E-state index contributed by atoms with van der Waals surface area (Å²) in [5, 5.41) is 0. The molecule has 1 heterocycles. The van der Waals surface area contributed by atoms with Crippen LogP contribution in [-0.2, 0) is 0 Å². The highest BCUT2D eigenvalue weighted by atomic mass is 15.2. The molecule has 0 atom stereocenters.